The summed E-state index contributed by atoms with van der Waals surface area (Å²) in [6, 6.07) is 9.14. The van der Waals surface area contributed by atoms with Crippen LogP contribution in [-0.4, -0.2) is 27.2 Å². The normalized spacial score (nSPS) is 10.2. The number of aryl methyl sites for hydroxylation is 1. The Kier molecular flexibility index (Phi) is 3.49. The van der Waals surface area contributed by atoms with E-state index in [1.54, 1.807) is 23.1 Å². The zero-order valence-electron chi connectivity index (χ0n) is 9.63. The van der Waals surface area contributed by atoms with Crippen LogP contribution in [0.15, 0.2) is 36.7 Å². The summed E-state index contributed by atoms with van der Waals surface area (Å²) in [6.45, 7) is 0.539. The number of benzene rings is 1. The molecule has 0 fully saturated rings. The molecule has 1 amide bonds. The molecule has 0 bridgehead atoms. The minimum Gasteiger partial charge on any atom is -0.352 e. The van der Waals surface area contributed by atoms with Crippen molar-refractivity contribution in [2.45, 2.75) is 6.42 Å². The molecule has 0 aliphatic rings. The summed E-state index contributed by atoms with van der Waals surface area (Å²) >= 11 is 0. The highest BCUT2D eigenvalue weighted by Crippen LogP contribution is 1.97. The fraction of sp³-hybridized carbons (Fsp3) is 0.250. The molecule has 88 valence electrons. The predicted octanol–water partition coefficient (Wildman–Crippen LogP) is 0.788. The van der Waals surface area contributed by atoms with Crippen LogP contribution in [0.1, 0.15) is 16.2 Å². The Labute approximate surface area is 99.5 Å². The van der Waals surface area contributed by atoms with Crippen LogP contribution >= 0.6 is 0 Å². The van der Waals surface area contributed by atoms with Gasteiger partial charge in [0.25, 0.3) is 5.91 Å². The first-order chi connectivity index (χ1) is 8.25. The van der Waals surface area contributed by atoms with E-state index in [1.807, 2.05) is 25.2 Å². The number of amides is 1. The molecule has 0 saturated heterocycles. The molecule has 2 aromatic rings. The van der Waals surface area contributed by atoms with E-state index in [9.17, 15) is 4.79 Å². The lowest BCUT2D eigenvalue weighted by atomic mass is 10.2. The number of aromatic nitrogens is 3. The number of carbonyl (C=O) groups excluding carboxylic acids is 1. The molecule has 1 heterocycles. The molecule has 0 spiro atoms. The first kappa shape index (κ1) is 11.3. The zero-order chi connectivity index (χ0) is 12.1. The highest BCUT2D eigenvalue weighted by molar-refractivity contribution is 5.94. The van der Waals surface area contributed by atoms with Gasteiger partial charge in [-0.25, -0.2) is 4.98 Å². The van der Waals surface area contributed by atoms with Gasteiger partial charge in [0.1, 0.15) is 6.33 Å². The van der Waals surface area contributed by atoms with Gasteiger partial charge in [0.2, 0.25) is 0 Å². The van der Waals surface area contributed by atoms with E-state index >= 15 is 0 Å². The number of hydrogen-bond donors (Lipinski definition) is 1. The molecule has 1 N–H and O–H groups in total. The maximum atomic E-state index is 11.7. The predicted molar refractivity (Wildman–Crippen MR) is 63.5 cm³/mol. The lowest BCUT2D eigenvalue weighted by Crippen LogP contribution is -2.25. The summed E-state index contributed by atoms with van der Waals surface area (Å²) in [5.74, 6) is 0.669. The van der Waals surface area contributed by atoms with E-state index in [4.69, 9.17) is 0 Å². The Balaban J connectivity index is 1.81. The molecule has 0 radical (unpaired) electrons. The van der Waals surface area contributed by atoms with Crippen molar-refractivity contribution >= 4 is 5.91 Å². The van der Waals surface area contributed by atoms with E-state index in [2.05, 4.69) is 15.4 Å². The van der Waals surface area contributed by atoms with Gasteiger partial charge in [-0.2, -0.15) is 5.10 Å². The summed E-state index contributed by atoms with van der Waals surface area (Å²) < 4.78 is 1.65. The van der Waals surface area contributed by atoms with Crippen molar-refractivity contribution in [2.75, 3.05) is 6.54 Å². The third kappa shape index (κ3) is 3.14. The summed E-state index contributed by atoms with van der Waals surface area (Å²) in [5, 5.41) is 6.96. The van der Waals surface area contributed by atoms with Crippen molar-refractivity contribution in [3.63, 3.8) is 0 Å². The van der Waals surface area contributed by atoms with Crippen LogP contribution in [0.5, 0.6) is 0 Å². The van der Waals surface area contributed by atoms with Gasteiger partial charge < -0.3 is 5.32 Å². The molecule has 0 atom stereocenters. The molecule has 0 aliphatic carbocycles. The minimum absolute atomic E-state index is 0.0680. The van der Waals surface area contributed by atoms with Crippen molar-refractivity contribution in [3.05, 3.63) is 48.0 Å². The van der Waals surface area contributed by atoms with Crippen LogP contribution < -0.4 is 5.32 Å². The van der Waals surface area contributed by atoms with Crippen molar-refractivity contribution in [1.82, 2.24) is 20.1 Å². The molecule has 1 aromatic heterocycles. The summed E-state index contributed by atoms with van der Waals surface area (Å²) in [6.07, 6.45) is 2.29. The Morgan fingerprint density at radius 1 is 1.35 bits per heavy atom. The van der Waals surface area contributed by atoms with Gasteiger partial charge in [0, 0.05) is 25.6 Å². The SMILES string of the molecule is Cn1cnc(CCNC(=O)c2ccccc2)n1. The lowest BCUT2D eigenvalue weighted by Gasteiger charge is -2.02. The van der Waals surface area contributed by atoms with E-state index in [0.29, 0.717) is 18.5 Å². The van der Waals surface area contributed by atoms with Crippen LogP contribution in [0, 0.1) is 0 Å². The van der Waals surface area contributed by atoms with Gasteiger partial charge in [0.05, 0.1) is 0 Å². The number of nitrogens with zero attached hydrogens (tertiary/aromatic N) is 3. The standard InChI is InChI=1S/C12H14N4O/c1-16-9-14-11(15-16)7-8-13-12(17)10-5-3-2-4-6-10/h2-6,9H,7-8H2,1H3,(H,13,17). The lowest BCUT2D eigenvalue weighted by molar-refractivity contribution is 0.0954. The van der Waals surface area contributed by atoms with Crippen molar-refractivity contribution in [2.24, 2.45) is 7.05 Å². The van der Waals surface area contributed by atoms with Gasteiger partial charge >= 0.3 is 0 Å². The molecule has 5 heteroatoms. The second kappa shape index (κ2) is 5.25. The van der Waals surface area contributed by atoms with Crippen LogP contribution in [0.2, 0.25) is 0 Å². The molecule has 5 nitrogen and oxygen atoms in total. The van der Waals surface area contributed by atoms with E-state index in [1.165, 1.54) is 0 Å². The van der Waals surface area contributed by atoms with Crippen LogP contribution in [0.4, 0.5) is 0 Å². The Hall–Kier alpha value is -2.17. The molecule has 2 rings (SSSR count). The molecule has 0 saturated carbocycles. The fourth-order valence-electron chi connectivity index (χ4n) is 1.48. The summed E-state index contributed by atoms with van der Waals surface area (Å²) in [5.41, 5.74) is 0.668. The van der Waals surface area contributed by atoms with E-state index in [-0.39, 0.29) is 5.91 Å². The van der Waals surface area contributed by atoms with E-state index in [0.717, 1.165) is 5.82 Å². The van der Waals surface area contributed by atoms with Crippen LogP contribution in [-0.2, 0) is 13.5 Å². The Bertz CT molecular complexity index is 492. The third-order valence-corrected chi connectivity index (χ3v) is 2.32. The van der Waals surface area contributed by atoms with Gasteiger partial charge in [-0.05, 0) is 12.1 Å². The quantitative estimate of drug-likeness (QED) is 0.844. The smallest absolute Gasteiger partial charge is 0.251 e. The van der Waals surface area contributed by atoms with Gasteiger partial charge in [-0.3, -0.25) is 9.48 Å². The highest BCUT2D eigenvalue weighted by atomic mass is 16.1. The maximum absolute atomic E-state index is 11.7. The minimum atomic E-state index is -0.0680. The Morgan fingerprint density at radius 3 is 2.76 bits per heavy atom. The van der Waals surface area contributed by atoms with Crippen molar-refractivity contribution in [3.8, 4) is 0 Å². The van der Waals surface area contributed by atoms with Crippen molar-refractivity contribution < 1.29 is 4.79 Å². The van der Waals surface area contributed by atoms with Crippen LogP contribution in [0.3, 0.4) is 0 Å². The molecule has 1 aromatic carbocycles. The van der Waals surface area contributed by atoms with Crippen LogP contribution in [0.25, 0.3) is 0 Å². The van der Waals surface area contributed by atoms with Crippen molar-refractivity contribution in [1.29, 1.82) is 0 Å². The number of nitrogens with one attached hydrogen (secondary N) is 1. The monoisotopic (exact) mass is 230 g/mol. The number of rotatable bonds is 4. The molecule has 0 unspecified atom stereocenters. The first-order valence-electron chi connectivity index (χ1n) is 5.43. The number of hydrogen-bond acceptors (Lipinski definition) is 3. The zero-order valence-corrected chi connectivity index (χ0v) is 9.63. The number of carbonyl (C=O) groups is 1. The van der Waals surface area contributed by atoms with Gasteiger partial charge in [0.15, 0.2) is 5.82 Å². The van der Waals surface area contributed by atoms with Gasteiger partial charge in [-0.1, -0.05) is 18.2 Å². The summed E-state index contributed by atoms with van der Waals surface area (Å²) in [4.78, 5) is 15.8. The molecule has 17 heavy (non-hydrogen) atoms. The second-order valence-electron chi connectivity index (χ2n) is 3.71. The molecule has 0 aliphatic heterocycles. The third-order valence-electron chi connectivity index (χ3n) is 2.32. The average molecular weight is 230 g/mol. The highest BCUT2D eigenvalue weighted by Gasteiger charge is 2.04. The topological polar surface area (TPSA) is 59.8 Å². The van der Waals surface area contributed by atoms with E-state index < -0.39 is 0 Å². The molecular formula is C12H14N4O. The Morgan fingerprint density at radius 2 is 2.12 bits per heavy atom. The largest absolute Gasteiger partial charge is 0.352 e. The first-order valence-corrected chi connectivity index (χ1v) is 5.43. The average Bonchev–Trinajstić information content (AvgIpc) is 2.76. The maximum Gasteiger partial charge on any atom is 0.251 e. The van der Waals surface area contributed by atoms with Gasteiger partial charge in [-0.15, -0.1) is 0 Å². The molecular weight excluding hydrogens is 216 g/mol. The second-order valence-corrected chi connectivity index (χ2v) is 3.71. The summed E-state index contributed by atoms with van der Waals surface area (Å²) in [7, 11) is 1.82. The fourth-order valence-corrected chi connectivity index (χ4v) is 1.48.